The zero-order valence-electron chi connectivity index (χ0n) is 13.6. The van der Waals surface area contributed by atoms with Crippen LogP contribution in [0.5, 0.6) is 11.5 Å². The first kappa shape index (κ1) is 15.7. The summed E-state index contributed by atoms with van der Waals surface area (Å²) in [6.45, 7) is 0.728. The maximum absolute atomic E-state index is 12.1. The molecule has 4 rings (SSSR count). The fourth-order valence-corrected chi connectivity index (χ4v) is 3.61. The van der Waals surface area contributed by atoms with Crippen LogP contribution in [0, 0.1) is 0 Å². The number of ether oxygens (including phenoxy) is 2. The number of hydrogen-bond donors (Lipinski definition) is 1. The van der Waals surface area contributed by atoms with Gasteiger partial charge >= 0.3 is 0 Å². The Bertz CT molecular complexity index is 978. The zero-order valence-corrected chi connectivity index (χ0v) is 14.4. The molecule has 0 unspecified atom stereocenters. The molecule has 0 spiro atoms. The number of nitrogens with zero attached hydrogens (tertiary/aromatic N) is 1. The van der Waals surface area contributed by atoms with Gasteiger partial charge in [-0.1, -0.05) is 17.4 Å². The molecule has 1 aliphatic heterocycles. The number of fused-ring (bicyclic) bond motifs is 2. The Hall–Kier alpha value is -2.86. The van der Waals surface area contributed by atoms with Crippen molar-refractivity contribution < 1.29 is 14.3 Å². The molecule has 3 aromatic rings. The molecule has 1 aliphatic rings. The van der Waals surface area contributed by atoms with Crippen molar-refractivity contribution in [3.63, 3.8) is 0 Å². The van der Waals surface area contributed by atoms with Gasteiger partial charge < -0.3 is 9.47 Å². The summed E-state index contributed by atoms with van der Waals surface area (Å²) in [5, 5.41) is 3.38. The van der Waals surface area contributed by atoms with Crippen molar-refractivity contribution >= 4 is 38.7 Å². The molecule has 1 aromatic heterocycles. The second-order valence-electron chi connectivity index (χ2n) is 5.64. The predicted octanol–water partition coefficient (Wildman–Crippen LogP) is 3.89. The molecule has 0 fully saturated rings. The fraction of sp³-hybridized carbons (Fsp3) is 0.158. The number of carbonyl (C=O) groups is 1. The van der Waals surface area contributed by atoms with Gasteiger partial charge in [-0.2, -0.15) is 0 Å². The Morgan fingerprint density at radius 1 is 1.32 bits per heavy atom. The average Bonchev–Trinajstić information content (AvgIpc) is 3.24. The van der Waals surface area contributed by atoms with E-state index in [1.165, 1.54) is 23.0 Å². The summed E-state index contributed by atoms with van der Waals surface area (Å²) in [4.78, 5) is 16.5. The molecule has 0 saturated carbocycles. The first-order valence-electron chi connectivity index (χ1n) is 7.91. The van der Waals surface area contributed by atoms with Gasteiger partial charge in [-0.05, 0) is 47.5 Å². The highest BCUT2D eigenvalue weighted by Gasteiger charge is 2.11. The van der Waals surface area contributed by atoms with Crippen molar-refractivity contribution in [1.29, 1.82) is 0 Å². The van der Waals surface area contributed by atoms with Gasteiger partial charge in [0.1, 0.15) is 11.5 Å². The monoisotopic (exact) mass is 352 g/mol. The van der Waals surface area contributed by atoms with Crippen molar-refractivity contribution in [3.8, 4) is 11.5 Å². The number of nitrogens with one attached hydrogen (secondary N) is 1. The minimum absolute atomic E-state index is 0.206. The third kappa shape index (κ3) is 3.34. The van der Waals surface area contributed by atoms with E-state index in [4.69, 9.17) is 9.47 Å². The molecular weight excluding hydrogens is 336 g/mol. The van der Waals surface area contributed by atoms with Crippen LogP contribution in [-0.2, 0) is 11.2 Å². The van der Waals surface area contributed by atoms with Crippen LogP contribution in [0.15, 0.2) is 42.5 Å². The molecule has 0 radical (unpaired) electrons. The summed E-state index contributed by atoms with van der Waals surface area (Å²) in [5.74, 6) is 1.50. The van der Waals surface area contributed by atoms with Crippen LogP contribution in [0.4, 0.5) is 5.13 Å². The molecule has 25 heavy (non-hydrogen) atoms. The number of methoxy groups -OCH3 is 1. The summed E-state index contributed by atoms with van der Waals surface area (Å²) in [7, 11) is 1.63. The lowest BCUT2D eigenvalue weighted by Gasteiger charge is -2.00. The molecule has 2 heterocycles. The maximum Gasteiger partial charge on any atom is 0.250 e. The number of aromatic nitrogens is 1. The lowest BCUT2D eigenvalue weighted by atomic mass is 10.1. The summed E-state index contributed by atoms with van der Waals surface area (Å²) < 4.78 is 11.7. The number of carbonyl (C=O) groups excluding carboxylic acids is 1. The first-order valence-corrected chi connectivity index (χ1v) is 8.72. The SMILES string of the molecule is COc1ccc2nc(NC(=O)/C=C/c3ccc4c(c3)CCO4)sc2c1. The van der Waals surface area contributed by atoms with Crippen molar-refractivity contribution in [2.24, 2.45) is 0 Å². The second kappa shape index (κ2) is 6.57. The number of rotatable bonds is 4. The minimum Gasteiger partial charge on any atom is -0.497 e. The van der Waals surface area contributed by atoms with E-state index in [0.29, 0.717) is 5.13 Å². The molecule has 0 saturated heterocycles. The quantitative estimate of drug-likeness (QED) is 0.724. The summed E-state index contributed by atoms with van der Waals surface area (Å²) in [6, 6.07) is 11.6. The normalized spacial score (nSPS) is 13.0. The van der Waals surface area contributed by atoms with E-state index < -0.39 is 0 Å². The van der Waals surface area contributed by atoms with E-state index in [9.17, 15) is 4.79 Å². The molecule has 0 atom stereocenters. The Morgan fingerprint density at radius 2 is 2.24 bits per heavy atom. The molecule has 2 aromatic carbocycles. The van der Waals surface area contributed by atoms with Crippen LogP contribution in [0.2, 0.25) is 0 Å². The highest BCUT2D eigenvalue weighted by Crippen LogP contribution is 2.29. The van der Waals surface area contributed by atoms with Crippen molar-refractivity contribution in [3.05, 3.63) is 53.6 Å². The number of anilines is 1. The third-order valence-corrected chi connectivity index (χ3v) is 4.90. The fourth-order valence-electron chi connectivity index (χ4n) is 2.71. The van der Waals surface area contributed by atoms with Crippen LogP contribution < -0.4 is 14.8 Å². The molecule has 5 nitrogen and oxygen atoms in total. The number of amides is 1. The van der Waals surface area contributed by atoms with Gasteiger partial charge in [0.2, 0.25) is 5.91 Å². The molecule has 0 aliphatic carbocycles. The molecule has 1 N–H and O–H groups in total. The third-order valence-electron chi connectivity index (χ3n) is 3.97. The van der Waals surface area contributed by atoms with Crippen molar-refractivity contribution in [1.82, 2.24) is 4.98 Å². The molecule has 6 heteroatoms. The summed E-state index contributed by atoms with van der Waals surface area (Å²) >= 11 is 1.42. The average molecular weight is 352 g/mol. The second-order valence-corrected chi connectivity index (χ2v) is 6.67. The minimum atomic E-state index is -0.206. The van der Waals surface area contributed by atoms with E-state index in [0.717, 1.165) is 40.3 Å². The van der Waals surface area contributed by atoms with E-state index in [-0.39, 0.29) is 5.91 Å². The number of hydrogen-bond acceptors (Lipinski definition) is 5. The molecular formula is C19H16N2O3S. The van der Waals surface area contributed by atoms with E-state index >= 15 is 0 Å². The Kier molecular flexibility index (Phi) is 4.11. The van der Waals surface area contributed by atoms with E-state index in [1.54, 1.807) is 13.2 Å². The Morgan fingerprint density at radius 3 is 3.12 bits per heavy atom. The molecule has 1 amide bonds. The van der Waals surface area contributed by atoms with Gasteiger partial charge in [-0.25, -0.2) is 4.98 Å². The zero-order chi connectivity index (χ0) is 17.2. The summed E-state index contributed by atoms with van der Waals surface area (Å²) in [6.07, 6.45) is 4.23. The van der Waals surface area contributed by atoms with Crippen LogP contribution in [0.3, 0.4) is 0 Å². The highest BCUT2D eigenvalue weighted by molar-refractivity contribution is 7.22. The lowest BCUT2D eigenvalue weighted by molar-refractivity contribution is -0.111. The lowest BCUT2D eigenvalue weighted by Crippen LogP contribution is -2.07. The smallest absolute Gasteiger partial charge is 0.250 e. The highest BCUT2D eigenvalue weighted by atomic mass is 32.1. The standard InChI is InChI=1S/C19H16N2O3S/c1-23-14-4-5-15-17(11-14)25-19(20-15)21-18(22)7-3-12-2-6-16-13(10-12)8-9-24-16/h2-7,10-11H,8-9H2,1H3,(H,20,21,22)/b7-3+. The summed E-state index contributed by atoms with van der Waals surface area (Å²) in [5.41, 5.74) is 3.00. The van der Waals surface area contributed by atoms with Gasteiger partial charge in [-0.15, -0.1) is 0 Å². The molecule has 0 bridgehead atoms. The van der Waals surface area contributed by atoms with Crippen molar-refractivity contribution in [2.75, 3.05) is 19.0 Å². The van der Waals surface area contributed by atoms with Gasteiger partial charge in [0.05, 0.1) is 23.9 Å². The van der Waals surface area contributed by atoms with Crippen molar-refractivity contribution in [2.45, 2.75) is 6.42 Å². The largest absolute Gasteiger partial charge is 0.497 e. The van der Waals surface area contributed by atoms with Crippen LogP contribution in [0.25, 0.3) is 16.3 Å². The maximum atomic E-state index is 12.1. The number of benzene rings is 2. The van der Waals surface area contributed by atoms with Crippen LogP contribution in [0.1, 0.15) is 11.1 Å². The van der Waals surface area contributed by atoms with E-state index in [1.807, 2.05) is 30.3 Å². The topological polar surface area (TPSA) is 60.5 Å². The Labute approximate surface area is 148 Å². The Balaban J connectivity index is 1.46. The molecule has 126 valence electrons. The van der Waals surface area contributed by atoms with Gasteiger partial charge in [0.25, 0.3) is 0 Å². The van der Waals surface area contributed by atoms with Crippen LogP contribution >= 0.6 is 11.3 Å². The van der Waals surface area contributed by atoms with Crippen LogP contribution in [-0.4, -0.2) is 24.6 Å². The first-order chi connectivity index (χ1) is 12.2. The van der Waals surface area contributed by atoms with Gasteiger partial charge in [-0.3, -0.25) is 10.1 Å². The predicted molar refractivity (Wildman–Crippen MR) is 99.5 cm³/mol. The number of thiazole rings is 1. The van der Waals surface area contributed by atoms with Gasteiger partial charge in [0, 0.05) is 12.5 Å². The van der Waals surface area contributed by atoms with Gasteiger partial charge in [0.15, 0.2) is 5.13 Å². The van der Waals surface area contributed by atoms with E-state index in [2.05, 4.69) is 16.4 Å².